The molecule has 1 nitrogen and oxygen atoms in total. The molecule has 1 aromatic rings. The Morgan fingerprint density at radius 2 is 2.13 bits per heavy atom. The summed E-state index contributed by atoms with van der Waals surface area (Å²) in [6.07, 6.45) is 6.21. The summed E-state index contributed by atoms with van der Waals surface area (Å²) in [6.45, 7) is 0. The molecule has 1 rings (SSSR count). The van der Waals surface area contributed by atoms with Gasteiger partial charge in [-0.25, -0.2) is 8.78 Å². The van der Waals surface area contributed by atoms with Crippen molar-refractivity contribution in [2.75, 3.05) is 0 Å². The first kappa shape index (κ1) is 11.4. The van der Waals surface area contributed by atoms with Crippen LogP contribution in [-0.4, -0.2) is 5.78 Å². The SMILES string of the molecule is C#CCCCC(=O)c1ccc(F)cc1F. The molecule has 78 valence electrons. The Hall–Kier alpha value is -1.69. The zero-order valence-corrected chi connectivity index (χ0v) is 8.09. The van der Waals surface area contributed by atoms with Crippen molar-refractivity contribution in [1.29, 1.82) is 0 Å². The van der Waals surface area contributed by atoms with Crippen molar-refractivity contribution in [1.82, 2.24) is 0 Å². The summed E-state index contributed by atoms with van der Waals surface area (Å²) in [7, 11) is 0. The normalized spacial score (nSPS) is 9.67. The number of hydrogen-bond acceptors (Lipinski definition) is 1. The average molecular weight is 208 g/mol. The Balaban J connectivity index is 2.70. The van der Waals surface area contributed by atoms with Crippen LogP contribution in [-0.2, 0) is 0 Å². The minimum atomic E-state index is -0.819. The number of benzene rings is 1. The lowest BCUT2D eigenvalue weighted by Gasteiger charge is -2.01. The second kappa shape index (κ2) is 5.26. The third kappa shape index (κ3) is 3.17. The molecule has 0 aliphatic rings. The monoisotopic (exact) mass is 208 g/mol. The van der Waals surface area contributed by atoms with Gasteiger partial charge in [-0.2, -0.15) is 0 Å². The van der Waals surface area contributed by atoms with Crippen LogP contribution in [0.15, 0.2) is 18.2 Å². The third-order valence-electron chi connectivity index (χ3n) is 1.96. The lowest BCUT2D eigenvalue weighted by atomic mass is 10.1. The van der Waals surface area contributed by atoms with Gasteiger partial charge in [-0.3, -0.25) is 4.79 Å². The number of terminal acetylenes is 1. The molecule has 15 heavy (non-hydrogen) atoms. The minimum absolute atomic E-state index is 0.0755. The Morgan fingerprint density at radius 1 is 1.40 bits per heavy atom. The van der Waals surface area contributed by atoms with Crippen LogP contribution in [0.5, 0.6) is 0 Å². The van der Waals surface area contributed by atoms with E-state index in [1.54, 1.807) is 0 Å². The maximum atomic E-state index is 13.1. The van der Waals surface area contributed by atoms with Crippen LogP contribution >= 0.6 is 0 Å². The molecule has 0 atom stereocenters. The fourth-order valence-corrected chi connectivity index (χ4v) is 1.20. The zero-order chi connectivity index (χ0) is 11.3. The highest BCUT2D eigenvalue weighted by molar-refractivity contribution is 5.96. The van der Waals surface area contributed by atoms with Crippen LogP contribution in [0.25, 0.3) is 0 Å². The molecule has 0 fully saturated rings. The molecule has 0 N–H and O–H groups in total. The van der Waals surface area contributed by atoms with Crippen LogP contribution in [0.2, 0.25) is 0 Å². The Kier molecular flexibility index (Phi) is 3.99. The molecule has 1 aromatic carbocycles. The summed E-state index contributed by atoms with van der Waals surface area (Å²) in [5, 5.41) is 0. The van der Waals surface area contributed by atoms with Gasteiger partial charge >= 0.3 is 0 Å². The highest BCUT2D eigenvalue weighted by Gasteiger charge is 2.11. The van der Waals surface area contributed by atoms with Crippen molar-refractivity contribution in [2.24, 2.45) is 0 Å². The van der Waals surface area contributed by atoms with Gasteiger partial charge in [-0.1, -0.05) is 0 Å². The van der Waals surface area contributed by atoms with E-state index in [0.29, 0.717) is 18.9 Å². The molecule has 0 saturated carbocycles. The number of rotatable bonds is 4. The zero-order valence-electron chi connectivity index (χ0n) is 8.09. The van der Waals surface area contributed by atoms with Gasteiger partial charge in [0.1, 0.15) is 11.6 Å². The molecule has 0 aromatic heterocycles. The molecule has 0 heterocycles. The molecule has 0 saturated heterocycles. The van der Waals surface area contributed by atoms with Gasteiger partial charge in [0, 0.05) is 18.9 Å². The number of carbonyl (C=O) groups excluding carboxylic acids is 1. The van der Waals surface area contributed by atoms with E-state index in [4.69, 9.17) is 6.42 Å². The second-order valence-electron chi connectivity index (χ2n) is 3.11. The number of unbranched alkanes of at least 4 members (excludes halogenated alkanes) is 1. The van der Waals surface area contributed by atoms with E-state index in [2.05, 4.69) is 5.92 Å². The van der Waals surface area contributed by atoms with Crippen molar-refractivity contribution in [3.63, 3.8) is 0 Å². The third-order valence-corrected chi connectivity index (χ3v) is 1.96. The quantitative estimate of drug-likeness (QED) is 0.422. The second-order valence-corrected chi connectivity index (χ2v) is 3.11. The molecule has 0 bridgehead atoms. The van der Waals surface area contributed by atoms with E-state index < -0.39 is 11.6 Å². The maximum Gasteiger partial charge on any atom is 0.165 e. The summed E-state index contributed by atoms with van der Waals surface area (Å²) in [5.74, 6) is 0.541. The molecule has 0 radical (unpaired) electrons. The summed E-state index contributed by atoms with van der Waals surface area (Å²) in [5.41, 5.74) is -0.0755. The van der Waals surface area contributed by atoms with Crippen molar-refractivity contribution < 1.29 is 13.6 Å². The van der Waals surface area contributed by atoms with E-state index in [1.807, 2.05) is 0 Å². The van der Waals surface area contributed by atoms with Crippen molar-refractivity contribution in [3.05, 3.63) is 35.4 Å². The van der Waals surface area contributed by atoms with Crippen molar-refractivity contribution in [3.8, 4) is 12.3 Å². The van der Waals surface area contributed by atoms with Crippen molar-refractivity contribution >= 4 is 5.78 Å². The summed E-state index contributed by atoms with van der Waals surface area (Å²) >= 11 is 0. The van der Waals surface area contributed by atoms with E-state index in [0.717, 1.165) is 12.1 Å². The molecular formula is C12H10F2O. The molecule has 0 amide bonds. The number of hydrogen-bond donors (Lipinski definition) is 0. The van der Waals surface area contributed by atoms with Crippen LogP contribution < -0.4 is 0 Å². The first-order valence-corrected chi connectivity index (χ1v) is 4.57. The fraction of sp³-hybridized carbons (Fsp3) is 0.250. The Labute approximate surface area is 87.1 Å². The number of halogens is 2. The molecule has 0 aliphatic carbocycles. The molecule has 0 unspecified atom stereocenters. The van der Waals surface area contributed by atoms with Gasteiger partial charge in [0.05, 0.1) is 5.56 Å². The van der Waals surface area contributed by atoms with Crippen LogP contribution in [0.3, 0.4) is 0 Å². The fourth-order valence-electron chi connectivity index (χ4n) is 1.20. The van der Waals surface area contributed by atoms with Gasteiger partial charge in [0.25, 0.3) is 0 Å². The summed E-state index contributed by atoms with van der Waals surface area (Å²) < 4.78 is 25.6. The predicted molar refractivity (Wildman–Crippen MR) is 53.4 cm³/mol. The van der Waals surface area contributed by atoms with Gasteiger partial charge in [-0.05, 0) is 18.6 Å². The molecule has 3 heteroatoms. The number of carbonyl (C=O) groups is 1. The standard InChI is InChI=1S/C12H10F2O/c1-2-3-4-5-12(15)10-7-6-9(13)8-11(10)14/h1,6-8H,3-5H2. The topological polar surface area (TPSA) is 17.1 Å². The molecule has 0 spiro atoms. The first-order chi connectivity index (χ1) is 7.15. The maximum absolute atomic E-state index is 13.1. The average Bonchev–Trinajstić information content (AvgIpc) is 2.17. The van der Waals surface area contributed by atoms with E-state index in [-0.39, 0.29) is 17.8 Å². The summed E-state index contributed by atoms with van der Waals surface area (Å²) in [6, 6.07) is 2.93. The molecular weight excluding hydrogens is 198 g/mol. The van der Waals surface area contributed by atoms with E-state index in [9.17, 15) is 13.6 Å². The van der Waals surface area contributed by atoms with Crippen molar-refractivity contribution in [2.45, 2.75) is 19.3 Å². The minimum Gasteiger partial charge on any atom is -0.294 e. The van der Waals surface area contributed by atoms with Crippen LogP contribution in [0, 0.1) is 24.0 Å². The van der Waals surface area contributed by atoms with Gasteiger partial charge in [0.2, 0.25) is 0 Å². The lowest BCUT2D eigenvalue weighted by Crippen LogP contribution is -2.02. The molecule has 0 aliphatic heterocycles. The van der Waals surface area contributed by atoms with Crippen LogP contribution in [0.4, 0.5) is 8.78 Å². The Morgan fingerprint density at radius 3 is 2.73 bits per heavy atom. The van der Waals surface area contributed by atoms with Gasteiger partial charge in [0.15, 0.2) is 5.78 Å². The number of Topliss-reactive ketones (excluding diaryl/α,β-unsaturated/α-hetero) is 1. The highest BCUT2D eigenvalue weighted by Crippen LogP contribution is 2.13. The van der Waals surface area contributed by atoms with Crippen LogP contribution in [0.1, 0.15) is 29.6 Å². The first-order valence-electron chi connectivity index (χ1n) is 4.57. The number of ketones is 1. The van der Waals surface area contributed by atoms with Gasteiger partial charge in [-0.15, -0.1) is 12.3 Å². The highest BCUT2D eigenvalue weighted by atomic mass is 19.1. The smallest absolute Gasteiger partial charge is 0.165 e. The van der Waals surface area contributed by atoms with E-state index >= 15 is 0 Å². The Bertz CT molecular complexity index is 405. The lowest BCUT2D eigenvalue weighted by molar-refractivity contribution is 0.0976. The largest absolute Gasteiger partial charge is 0.294 e. The van der Waals surface area contributed by atoms with E-state index in [1.165, 1.54) is 0 Å². The summed E-state index contributed by atoms with van der Waals surface area (Å²) in [4.78, 5) is 11.4. The predicted octanol–water partition coefficient (Wildman–Crippen LogP) is 2.95. The van der Waals surface area contributed by atoms with Gasteiger partial charge < -0.3 is 0 Å².